The van der Waals surface area contributed by atoms with Gasteiger partial charge in [-0.25, -0.2) is 4.98 Å². The number of fused-ring (bicyclic) bond motifs is 1. The number of hydrogen-bond acceptors (Lipinski definition) is 4. The van der Waals surface area contributed by atoms with E-state index in [0.717, 1.165) is 17.1 Å². The number of rotatable bonds is 2. The van der Waals surface area contributed by atoms with Gasteiger partial charge in [0.15, 0.2) is 0 Å². The van der Waals surface area contributed by atoms with Crippen LogP contribution in [0.1, 0.15) is 0 Å². The average molecular weight is 241 g/mol. The van der Waals surface area contributed by atoms with E-state index in [1.807, 2.05) is 7.05 Å². The number of thiophene rings is 1. The summed E-state index contributed by atoms with van der Waals surface area (Å²) in [6, 6.07) is 8.38. The maximum absolute atomic E-state index is 4.52. The lowest BCUT2D eigenvalue weighted by molar-refractivity contribution is 1.19. The Hall–Kier alpha value is -1.94. The van der Waals surface area contributed by atoms with Crippen LogP contribution in [0.5, 0.6) is 0 Å². The van der Waals surface area contributed by atoms with Crippen LogP contribution >= 0.6 is 11.3 Å². The molecule has 2 heterocycles. The Morgan fingerprint density at radius 3 is 3.00 bits per heavy atom. The largest absolute Gasteiger partial charge is 0.372 e. The minimum Gasteiger partial charge on any atom is -0.372 e. The third-order valence-electron chi connectivity index (χ3n) is 2.65. The molecule has 0 aliphatic rings. The fourth-order valence-electron chi connectivity index (χ4n) is 1.81. The van der Waals surface area contributed by atoms with Gasteiger partial charge in [0.2, 0.25) is 0 Å². The fraction of sp³-hybridized carbons (Fsp3) is 0.0769. The third-order valence-corrected chi connectivity index (χ3v) is 3.61. The van der Waals surface area contributed by atoms with E-state index in [0.29, 0.717) is 0 Å². The Labute approximate surface area is 103 Å². The van der Waals surface area contributed by atoms with Crippen LogP contribution in [0.3, 0.4) is 0 Å². The summed E-state index contributed by atoms with van der Waals surface area (Å²) in [6.45, 7) is 0. The second kappa shape index (κ2) is 4.14. The van der Waals surface area contributed by atoms with Gasteiger partial charge in [0, 0.05) is 17.3 Å². The van der Waals surface area contributed by atoms with Gasteiger partial charge in [-0.1, -0.05) is 18.2 Å². The Morgan fingerprint density at radius 1 is 1.18 bits per heavy atom. The van der Waals surface area contributed by atoms with Gasteiger partial charge in [-0.15, -0.1) is 11.3 Å². The van der Waals surface area contributed by atoms with Crippen LogP contribution < -0.4 is 5.32 Å². The molecule has 4 heteroatoms. The zero-order valence-electron chi connectivity index (χ0n) is 9.34. The summed E-state index contributed by atoms with van der Waals surface area (Å²) in [7, 11) is 1.85. The molecule has 0 aliphatic carbocycles. The van der Waals surface area contributed by atoms with Crippen molar-refractivity contribution in [1.29, 1.82) is 0 Å². The first-order valence-corrected chi connectivity index (χ1v) is 6.23. The van der Waals surface area contributed by atoms with E-state index in [4.69, 9.17) is 0 Å². The minimum atomic E-state index is 0.788. The van der Waals surface area contributed by atoms with E-state index >= 15 is 0 Å². The molecule has 0 spiro atoms. The van der Waals surface area contributed by atoms with Gasteiger partial charge in [0.05, 0.1) is 18.1 Å². The monoisotopic (exact) mass is 241 g/mol. The normalized spacial score (nSPS) is 10.6. The lowest BCUT2D eigenvalue weighted by atomic mass is 10.1. The van der Waals surface area contributed by atoms with Crippen molar-refractivity contribution < 1.29 is 0 Å². The molecule has 1 N–H and O–H groups in total. The Morgan fingerprint density at radius 2 is 2.12 bits per heavy atom. The van der Waals surface area contributed by atoms with Gasteiger partial charge in [-0.2, -0.15) is 0 Å². The summed E-state index contributed by atoms with van der Waals surface area (Å²) in [5.41, 5.74) is 2.05. The van der Waals surface area contributed by atoms with Gasteiger partial charge in [0.1, 0.15) is 5.82 Å². The lowest BCUT2D eigenvalue weighted by Gasteiger charge is -2.04. The van der Waals surface area contributed by atoms with Crippen molar-refractivity contribution in [2.45, 2.75) is 0 Å². The predicted molar refractivity (Wildman–Crippen MR) is 72.4 cm³/mol. The van der Waals surface area contributed by atoms with Crippen molar-refractivity contribution in [3.8, 4) is 11.3 Å². The third kappa shape index (κ3) is 1.76. The first-order chi connectivity index (χ1) is 8.38. The second-order valence-corrected chi connectivity index (χ2v) is 4.60. The van der Waals surface area contributed by atoms with Crippen LogP contribution in [0.4, 0.5) is 5.82 Å². The van der Waals surface area contributed by atoms with Crippen molar-refractivity contribution >= 4 is 27.2 Å². The molecule has 84 valence electrons. The average Bonchev–Trinajstić information content (AvgIpc) is 2.87. The van der Waals surface area contributed by atoms with Crippen LogP contribution in [0.15, 0.2) is 42.0 Å². The Balaban J connectivity index is 2.23. The molecule has 0 unspecified atom stereocenters. The molecule has 2 aromatic heterocycles. The number of benzene rings is 1. The molecule has 0 saturated heterocycles. The predicted octanol–water partition coefficient (Wildman–Crippen LogP) is 3.40. The van der Waals surface area contributed by atoms with Crippen molar-refractivity contribution in [1.82, 2.24) is 9.97 Å². The van der Waals surface area contributed by atoms with E-state index in [2.05, 4.69) is 44.9 Å². The SMILES string of the molecule is CNc1cncc(-c2cccc3ccsc23)n1. The maximum Gasteiger partial charge on any atom is 0.144 e. The topological polar surface area (TPSA) is 37.8 Å². The summed E-state index contributed by atoms with van der Waals surface area (Å²) in [4.78, 5) is 8.73. The van der Waals surface area contributed by atoms with Crippen LogP contribution in [-0.2, 0) is 0 Å². The molecule has 0 bridgehead atoms. The van der Waals surface area contributed by atoms with E-state index in [-0.39, 0.29) is 0 Å². The molecule has 3 aromatic rings. The van der Waals surface area contributed by atoms with Gasteiger partial charge in [-0.3, -0.25) is 4.98 Å². The smallest absolute Gasteiger partial charge is 0.144 e. The molecule has 0 fully saturated rings. The summed E-state index contributed by atoms with van der Waals surface area (Å²) in [6.07, 6.45) is 3.52. The zero-order valence-corrected chi connectivity index (χ0v) is 10.2. The van der Waals surface area contributed by atoms with E-state index in [9.17, 15) is 0 Å². The number of nitrogens with zero attached hydrogens (tertiary/aromatic N) is 2. The van der Waals surface area contributed by atoms with E-state index < -0.39 is 0 Å². The van der Waals surface area contributed by atoms with Crippen LogP contribution in [0, 0.1) is 0 Å². The molecule has 0 saturated carbocycles. The molecule has 3 nitrogen and oxygen atoms in total. The summed E-state index contributed by atoms with van der Waals surface area (Å²) in [5.74, 6) is 0.788. The Bertz CT molecular complexity index is 660. The van der Waals surface area contributed by atoms with Gasteiger partial charge >= 0.3 is 0 Å². The number of anilines is 1. The molecule has 17 heavy (non-hydrogen) atoms. The summed E-state index contributed by atoms with van der Waals surface area (Å²) >= 11 is 1.73. The van der Waals surface area contributed by atoms with Crippen LogP contribution in [0.25, 0.3) is 21.3 Å². The molecule has 0 aliphatic heterocycles. The van der Waals surface area contributed by atoms with Crippen molar-refractivity contribution in [2.24, 2.45) is 0 Å². The van der Waals surface area contributed by atoms with Crippen LogP contribution in [0.2, 0.25) is 0 Å². The van der Waals surface area contributed by atoms with Crippen molar-refractivity contribution in [3.63, 3.8) is 0 Å². The number of hydrogen-bond donors (Lipinski definition) is 1. The highest BCUT2D eigenvalue weighted by molar-refractivity contribution is 7.17. The van der Waals surface area contributed by atoms with Gasteiger partial charge < -0.3 is 5.32 Å². The molecule has 3 rings (SSSR count). The molecular formula is C13H11N3S. The van der Waals surface area contributed by atoms with Crippen LogP contribution in [-0.4, -0.2) is 17.0 Å². The highest BCUT2D eigenvalue weighted by atomic mass is 32.1. The van der Waals surface area contributed by atoms with Gasteiger partial charge in [0.25, 0.3) is 0 Å². The highest BCUT2D eigenvalue weighted by Crippen LogP contribution is 2.31. The molecule has 0 amide bonds. The standard InChI is InChI=1S/C13H11N3S/c1-14-12-8-15-7-11(16-12)10-4-2-3-9-5-6-17-13(9)10/h2-8H,1H3,(H,14,16). The fourth-order valence-corrected chi connectivity index (χ4v) is 2.73. The van der Waals surface area contributed by atoms with E-state index in [1.165, 1.54) is 10.1 Å². The number of nitrogens with one attached hydrogen (secondary N) is 1. The van der Waals surface area contributed by atoms with Gasteiger partial charge in [-0.05, 0) is 16.8 Å². The first-order valence-electron chi connectivity index (χ1n) is 5.35. The quantitative estimate of drug-likeness (QED) is 0.747. The molecule has 0 radical (unpaired) electrons. The zero-order chi connectivity index (χ0) is 11.7. The summed E-state index contributed by atoms with van der Waals surface area (Å²) < 4.78 is 1.26. The summed E-state index contributed by atoms with van der Waals surface area (Å²) in [5, 5.41) is 6.36. The molecule has 0 atom stereocenters. The second-order valence-electron chi connectivity index (χ2n) is 3.68. The lowest BCUT2D eigenvalue weighted by Crippen LogP contribution is -1.94. The number of aromatic nitrogens is 2. The highest BCUT2D eigenvalue weighted by Gasteiger charge is 2.06. The van der Waals surface area contributed by atoms with Crippen molar-refractivity contribution in [3.05, 3.63) is 42.0 Å². The Kier molecular flexibility index (Phi) is 2.49. The maximum atomic E-state index is 4.52. The first kappa shape index (κ1) is 10.2. The molecular weight excluding hydrogens is 230 g/mol. The minimum absolute atomic E-state index is 0.788. The molecule has 1 aromatic carbocycles. The van der Waals surface area contributed by atoms with E-state index in [1.54, 1.807) is 23.7 Å². The van der Waals surface area contributed by atoms with Crippen molar-refractivity contribution in [2.75, 3.05) is 12.4 Å².